The van der Waals surface area contributed by atoms with Crippen LogP contribution in [0.3, 0.4) is 0 Å². The van der Waals surface area contributed by atoms with E-state index in [4.69, 9.17) is 9.47 Å². The number of carbonyl (C=O) groups excluding carboxylic acids is 2. The summed E-state index contributed by atoms with van der Waals surface area (Å²) in [5.74, 6) is -0.160. The number of rotatable bonds is 4. The zero-order valence-electron chi connectivity index (χ0n) is 20.0. The third-order valence-corrected chi connectivity index (χ3v) is 6.74. The Morgan fingerprint density at radius 1 is 1.00 bits per heavy atom. The third kappa shape index (κ3) is 5.78. The molecular weight excluding hydrogens is 425 g/mol. The summed E-state index contributed by atoms with van der Waals surface area (Å²) in [5.41, 5.74) is -0.669. The van der Waals surface area contributed by atoms with E-state index in [9.17, 15) is 14.0 Å². The van der Waals surface area contributed by atoms with Crippen molar-refractivity contribution in [1.82, 2.24) is 14.7 Å². The van der Waals surface area contributed by atoms with E-state index in [0.29, 0.717) is 37.8 Å². The Hall–Kier alpha value is -2.35. The molecule has 2 saturated heterocycles. The highest BCUT2D eigenvalue weighted by Crippen LogP contribution is 2.29. The summed E-state index contributed by atoms with van der Waals surface area (Å²) in [6, 6.07) is 5.75. The molecule has 8 heteroatoms. The van der Waals surface area contributed by atoms with Crippen LogP contribution in [0.2, 0.25) is 0 Å². The molecule has 0 spiro atoms. The van der Waals surface area contributed by atoms with Crippen LogP contribution in [-0.2, 0) is 9.53 Å². The van der Waals surface area contributed by atoms with Gasteiger partial charge in [-0.15, -0.1) is 0 Å². The van der Waals surface area contributed by atoms with Gasteiger partial charge in [0.1, 0.15) is 23.3 Å². The summed E-state index contributed by atoms with van der Waals surface area (Å²) in [5, 5.41) is 0. The van der Waals surface area contributed by atoms with Crippen molar-refractivity contribution < 1.29 is 23.5 Å². The second-order valence-electron chi connectivity index (χ2n) is 10.3. The Morgan fingerprint density at radius 3 is 2.45 bits per heavy atom. The van der Waals surface area contributed by atoms with Gasteiger partial charge in [0.2, 0.25) is 5.91 Å². The molecule has 2 unspecified atom stereocenters. The molecule has 0 N–H and O–H groups in total. The average Bonchev–Trinajstić information content (AvgIpc) is 2.95. The van der Waals surface area contributed by atoms with E-state index < -0.39 is 29.7 Å². The van der Waals surface area contributed by atoms with E-state index in [2.05, 4.69) is 4.90 Å². The van der Waals surface area contributed by atoms with Crippen LogP contribution in [0.5, 0.6) is 5.75 Å². The van der Waals surface area contributed by atoms with Gasteiger partial charge in [-0.1, -0.05) is 12.5 Å². The number of hydrogen-bond donors (Lipinski definition) is 0. The van der Waals surface area contributed by atoms with Crippen molar-refractivity contribution in [1.29, 1.82) is 0 Å². The molecule has 2 amide bonds. The summed E-state index contributed by atoms with van der Waals surface area (Å²) in [6.45, 7) is 8.93. The van der Waals surface area contributed by atoms with Crippen LogP contribution in [0, 0.1) is 5.82 Å². The van der Waals surface area contributed by atoms with Crippen molar-refractivity contribution >= 4 is 12.0 Å². The number of hydrogen-bond acceptors (Lipinski definition) is 5. The normalized spacial score (nSPS) is 24.8. The SMILES string of the molecule is CC(C)(C)OC(=O)N1CCC(Oc2cccc(F)c2)C1C(=O)N1CCCN(C2CCC2)CC1. The maximum atomic E-state index is 13.8. The molecule has 4 rings (SSSR count). The minimum absolute atomic E-state index is 0.116. The van der Waals surface area contributed by atoms with Gasteiger partial charge in [-0.25, -0.2) is 9.18 Å². The van der Waals surface area contributed by atoms with E-state index in [1.807, 2.05) is 25.7 Å². The van der Waals surface area contributed by atoms with Crippen LogP contribution < -0.4 is 4.74 Å². The van der Waals surface area contributed by atoms with Crippen LogP contribution in [-0.4, -0.2) is 83.2 Å². The lowest BCUT2D eigenvalue weighted by atomic mass is 9.91. The standard InChI is InChI=1S/C25H36FN3O4/c1-25(2,3)33-24(31)29-14-11-21(32-20-10-4-7-18(26)17-20)22(29)23(30)28-13-6-12-27(15-16-28)19-8-5-9-19/h4,7,10,17,19,21-22H,5-6,8-9,11-16H2,1-3H3. The zero-order valence-corrected chi connectivity index (χ0v) is 20.0. The Kier molecular flexibility index (Phi) is 7.12. The predicted octanol–water partition coefficient (Wildman–Crippen LogP) is 3.67. The lowest BCUT2D eigenvalue weighted by Gasteiger charge is -2.37. The molecular formula is C25H36FN3O4. The number of likely N-dealkylation sites (tertiary alicyclic amines) is 1. The lowest BCUT2D eigenvalue weighted by Crippen LogP contribution is -2.54. The van der Waals surface area contributed by atoms with Crippen molar-refractivity contribution in [3.8, 4) is 5.75 Å². The first-order chi connectivity index (χ1) is 15.7. The average molecular weight is 462 g/mol. The Balaban J connectivity index is 1.51. The van der Waals surface area contributed by atoms with Gasteiger partial charge in [-0.2, -0.15) is 0 Å². The summed E-state index contributed by atoms with van der Waals surface area (Å²) in [7, 11) is 0. The Morgan fingerprint density at radius 2 is 1.79 bits per heavy atom. The number of benzene rings is 1. The Labute approximate surface area is 195 Å². The van der Waals surface area contributed by atoms with E-state index in [1.165, 1.54) is 36.3 Å². The zero-order chi connectivity index (χ0) is 23.6. The molecule has 1 aromatic carbocycles. The van der Waals surface area contributed by atoms with Gasteiger partial charge in [0.25, 0.3) is 0 Å². The molecule has 182 valence electrons. The molecule has 3 aliphatic rings. The molecule has 2 aliphatic heterocycles. The molecule has 1 aliphatic carbocycles. The molecule has 0 aromatic heterocycles. The molecule has 3 fully saturated rings. The first kappa shape index (κ1) is 23.8. The highest BCUT2D eigenvalue weighted by Gasteiger charge is 2.47. The second-order valence-corrected chi connectivity index (χ2v) is 10.3. The first-order valence-corrected chi connectivity index (χ1v) is 12.2. The maximum Gasteiger partial charge on any atom is 0.411 e. The van der Waals surface area contributed by atoms with Crippen molar-refractivity contribution in [2.45, 2.75) is 76.7 Å². The monoisotopic (exact) mass is 461 g/mol. The van der Waals surface area contributed by atoms with Crippen LogP contribution in [0.4, 0.5) is 9.18 Å². The molecule has 33 heavy (non-hydrogen) atoms. The topological polar surface area (TPSA) is 62.3 Å². The summed E-state index contributed by atoms with van der Waals surface area (Å²) >= 11 is 0. The van der Waals surface area contributed by atoms with Crippen molar-refractivity contribution in [2.75, 3.05) is 32.7 Å². The molecule has 1 aromatic rings. The van der Waals surface area contributed by atoms with Crippen LogP contribution >= 0.6 is 0 Å². The largest absolute Gasteiger partial charge is 0.488 e. The summed E-state index contributed by atoms with van der Waals surface area (Å²) in [6.07, 6.45) is 4.09. The van der Waals surface area contributed by atoms with Crippen LogP contribution in [0.15, 0.2) is 24.3 Å². The second kappa shape index (κ2) is 9.87. The number of nitrogens with zero attached hydrogens (tertiary/aromatic N) is 3. The Bertz CT molecular complexity index is 854. The number of amides is 2. The van der Waals surface area contributed by atoms with E-state index in [0.717, 1.165) is 19.5 Å². The summed E-state index contributed by atoms with van der Waals surface area (Å²) in [4.78, 5) is 32.6. The van der Waals surface area contributed by atoms with Gasteiger partial charge in [-0.05, 0) is 52.2 Å². The van der Waals surface area contributed by atoms with Crippen molar-refractivity contribution in [3.63, 3.8) is 0 Å². The minimum atomic E-state index is -0.793. The van der Waals surface area contributed by atoms with Crippen molar-refractivity contribution in [2.24, 2.45) is 0 Å². The molecule has 2 heterocycles. The van der Waals surface area contributed by atoms with Crippen molar-refractivity contribution in [3.05, 3.63) is 30.1 Å². The fourth-order valence-electron chi connectivity index (χ4n) is 4.88. The predicted molar refractivity (Wildman–Crippen MR) is 123 cm³/mol. The number of ether oxygens (including phenoxy) is 2. The lowest BCUT2D eigenvalue weighted by molar-refractivity contribution is -0.138. The van der Waals surface area contributed by atoms with Crippen LogP contribution in [0.1, 0.15) is 52.9 Å². The smallest absolute Gasteiger partial charge is 0.411 e. The van der Waals surface area contributed by atoms with Gasteiger partial charge in [0.05, 0.1) is 0 Å². The number of carbonyl (C=O) groups is 2. The highest BCUT2D eigenvalue weighted by atomic mass is 19.1. The first-order valence-electron chi connectivity index (χ1n) is 12.2. The van der Waals surface area contributed by atoms with Gasteiger partial charge < -0.3 is 14.4 Å². The highest BCUT2D eigenvalue weighted by molar-refractivity contribution is 5.87. The molecule has 7 nitrogen and oxygen atoms in total. The van der Waals surface area contributed by atoms with E-state index >= 15 is 0 Å². The van der Waals surface area contributed by atoms with E-state index in [1.54, 1.807) is 12.1 Å². The van der Waals surface area contributed by atoms with E-state index in [-0.39, 0.29) is 5.91 Å². The fourth-order valence-corrected chi connectivity index (χ4v) is 4.88. The van der Waals surface area contributed by atoms with Gasteiger partial charge >= 0.3 is 6.09 Å². The third-order valence-electron chi connectivity index (χ3n) is 6.74. The van der Waals surface area contributed by atoms with Gasteiger partial charge in [-0.3, -0.25) is 14.6 Å². The maximum absolute atomic E-state index is 13.8. The van der Waals surface area contributed by atoms with Gasteiger partial charge in [0, 0.05) is 51.3 Å². The quantitative estimate of drug-likeness (QED) is 0.685. The minimum Gasteiger partial charge on any atom is -0.488 e. The molecule has 0 bridgehead atoms. The molecule has 2 atom stereocenters. The summed E-state index contributed by atoms with van der Waals surface area (Å²) < 4.78 is 25.4. The van der Waals surface area contributed by atoms with Crippen LogP contribution in [0.25, 0.3) is 0 Å². The number of halogens is 1. The van der Waals surface area contributed by atoms with Gasteiger partial charge in [0.15, 0.2) is 6.04 Å². The molecule has 0 radical (unpaired) electrons. The fraction of sp³-hybridized carbons (Fsp3) is 0.680. The molecule has 1 saturated carbocycles.